The number of benzene rings is 1. The van der Waals surface area contributed by atoms with E-state index in [1.807, 2.05) is 6.08 Å². The summed E-state index contributed by atoms with van der Waals surface area (Å²) in [7, 11) is 0. The molecule has 0 saturated carbocycles. The van der Waals surface area contributed by atoms with E-state index in [0.717, 1.165) is 6.42 Å². The van der Waals surface area contributed by atoms with Gasteiger partial charge < -0.3 is 0 Å². The number of halogens is 1. The maximum absolute atomic E-state index is 5.74. The molecule has 0 radical (unpaired) electrons. The lowest BCUT2D eigenvalue weighted by Gasteiger charge is -2.03. The van der Waals surface area contributed by atoms with Crippen LogP contribution in [0.1, 0.15) is 16.7 Å². The summed E-state index contributed by atoms with van der Waals surface area (Å²) in [4.78, 5) is 0. The van der Waals surface area contributed by atoms with Gasteiger partial charge in [-0.2, -0.15) is 0 Å². The molecule has 0 saturated heterocycles. The number of hydrogen-bond acceptors (Lipinski definition) is 0. The van der Waals surface area contributed by atoms with Crippen LogP contribution in [0.2, 0.25) is 0 Å². The zero-order valence-corrected chi connectivity index (χ0v) is 8.06. The molecular weight excluding hydrogens is 168 g/mol. The lowest BCUT2D eigenvalue weighted by Crippen LogP contribution is -1.88. The van der Waals surface area contributed by atoms with Crippen molar-refractivity contribution in [2.24, 2.45) is 0 Å². The molecule has 1 rings (SSSR count). The smallest absolute Gasteiger partial charge is 0.0476 e. The highest BCUT2D eigenvalue weighted by Gasteiger charge is 1.96. The first-order valence-electron chi connectivity index (χ1n) is 4.03. The van der Waals surface area contributed by atoms with Gasteiger partial charge in [0.2, 0.25) is 0 Å². The summed E-state index contributed by atoms with van der Waals surface area (Å²) in [6, 6.07) is 6.35. The van der Waals surface area contributed by atoms with Gasteiger partial charge in [0.25, 0.3) is 0 Å². The van der Waals surface area contributed by atoms with E-state index in [1.54, 1.807) is 0 Å². The first-order valence-corrected chi connectivity index (χ1v) is 4.56. The molecule has 0 fully saturated rings. The lowest BCUT2D eigenvalue weighted by atomic mass is 10.0. The van der Waals surface area contributed by atoms with Gasteiger partial charge in [0.05, 0.1) is 0 Å². The summed E-state index contributed by atoms with van der Waals surface area (Å²) in [6.07, 6.45) is 2.85. The molecule has 1 aromatic carbocycles. The van der Waals surface area contributed by atoms with E-state index in [9.17, 15) is 0 Å². The van der Waals surface area contributed by atoms with Crippen molar-refractivity contribution in [1.29, 1.82) is 0 Å². The molecule has 0 bridgehead atoms. The zero-order chi connectivity index (χ0) is 8.97. The fourth-order valence-corrected chi connectivity index (χ4v) is 1.50. The third-order valence-electron chi connectivity index (χ3n) is 1.93. The summed E-state index contributed by atoms with van der Waals surface area (Å²) < 4.78 is 0. The molecule has 12 heavy (non-hydrogen) atoms. The quantitative estimate of drug-likeness (QED) is 0.494. The molecule has 0 aliphatic heterocycles. The number of alkyl halides is 1. The van der Waals surface area contributed by atoms with Crippen molar-refractivity contribution >= 4 is 11.6 Å². The molecule has 0 spiro atoms. The molecule has 0 atom stereocenters. The Bertz CT molecular complexity index is 276. The molecule has 0 heterocycles. The Labute approximate surface area is 78.9 Å². The van der Waals surface area contributed by atoms with Gasteiger partial charge in [0.15, 0.2) is 0 Å². The second kappa shape index (κ2) is 4.32. The topological polar surface area (TPSA) is 0 Å². The largest absolute Gasteiger partial charge is 0.122 e. The minimum atomic E-state index is 0.597. The first kappa shape index (κ1) is 9.34. The van der Waals surface area contributed by atoms with Crippen LogP contribution >= 0.6 is 11.6 Å². The highest BCUT2D eigenvalue weighted by molar-refractivity contribution is 6.17. The van der Waals surface area contributed by atoms with Crippen molar-refractivity contribution in [3.8, 4) is 0 Å². The van der Waals surface area contributed by atoms with Crippen LogP contribution < -0.4 is 0 Å². The molecule has 0 unspecified atom stereocenters. The predicted molar refractivity (Wildman–Crippen MR) is 54.6 cm³/mol. The number of aryl methyl sites for hydroxylation is 1. The van der Waals surface area contributed by atoms with Crippen molar-refractivity contribution < 1.29 is 0 Å². The van der Waals surface area contributed by atoms with E-state index in [2.05, 4.69) is 31.7 Å². The van der Waals surface area contributed by atoms with Crippen LogP contribution in [0.25, 0.3) is 0 Å². The van der Waals surface area contributed by atoms with E-state index in [-0.39, 0.29) is 0 Å². The van der Waals surface area contributed by atoms with E-state index in [0.29, 0.717) is 5.88 Å². The Kier molecular flexibility index (Phi) is 3.36. The van der Waals surface area contributed by atoms with E-state index >= 15 is 0 Å². The van der Waals surface area contributed by atoms with Gasteiger partial charge in [-0.25, -0.2) is 0 Å². The normalized spacial score (nSPS) is 9.83. The van der Waals surface area contributed by atoms with Crippen molar-refractivity contribution in [2.75, 3.05) is 0 Å². The molecule has 0 aliphatic rings. The second-order valence-electron chi connectivity index (χ2n) is 2.89. The Morgan fingerprint density at radius 1 is 1.50 bits per heavy atom. The Morgan fingerprint density at radius 3 is 2.75 bits per heavy atom. The molecule has 0 aliphatic carbocycles. The van der Waals surface area contributed by atoms with Crippen molar-refractivity contribution in [2.45, 2.75) is 19.2 Å². The van der Waals surface area contributed by atoms with E-state index in [1.165, 1.54) is 16.7 Å². The highest BCUT2D eigenvalue weighted by Crippen LogP contribution is 2.13. The third kappa shape index (κ3) is 2.12. The molecule has 0 aromatic heterocycles. The molecule has 0 nitrogen and oxygen atoms in total. The minimum Gasteiger partial charge on any atom is -0.122 e. The SMILES string of the molecule is C=CCc1ccc(CCl)c(C)c1. The van der Waals surface area contributed by atoms with Gasteiger partial charge in [-0.3, -0.25) is 0 Å². The average Bonchev–Trinajstić information content (AvgIpc) is 2.05. The molecule has 1 heteroatoms. The Morgan fingerprint density at radius 2 is 2.25 bits per heavy atom. The van der Waals surface area contributed by atoms with E-state index < -0.39 is 0 Å². The zero-order valence-electron chi connectivity index (χ0n) is 7.31. The fourth-order valence-electron chi connectivity index (χ4n) is 1.20. The molecule has 1 aromatic rings. The Hall–Kier alpha value is -0.750. The van der Waals surface area contributed by atoms with Crippen LogP contribution in [-0.4, -0.2) is 0 Å². The van der Waals surface area contributed by atoms with Crippen molar-refractivity contribution in [1.82, 2.24) is 0 Å². The average molecular weight is 181 g/mol. The minimum absolute atomic E-state index is 0.597. The maximum Gasteiger partial charge on any atom is 0.0476 e. The van der Waals surface area contributed by atoms with Crippen molar-refractivity contribution in [3.05, 3.63) is 47.5 Å². The number of hydrogen-bond donors (Lipinski definition) is 0. The Balaban J connectivity index is 2.93. The summed E-state index contributed by atoms with van der Waals surface area (Å²) in [6.45, 7) is 5.79. The lowest BCUT2D eigenvalue weighted by molar-refractivity contribution is 1.21. The predicted octanol–water partition coefficient (Wildman–Crippen LogP) is 3.46. The standard InChI is InChI=1S/C11H13Cl/c1-3-4-10-5-6-11(8-12)9(2)7-10/h3,5-7H,1,4,8H2,2H3. The van der Waals surface area contributed by atoms with Gasteiger partial charge in [-0.1, -0.05) is 24.3 Å². The van der Waals surface area contributed by atoms with Gasteiger partial charge in [0.1, 0.15) is 0 Å². The second-order valence-corrected chi connectivity index (χ2v) is 3.15. The summed E-state index contributed by atoms with van der Waals surface area (Å²) in [5, 5.41) is 0. The van der Waals surface area contributed by atoms with Gasteiger partial charge in [-0.05, 0) is 30.0 Å². The molecule has 0 N–H and O–H groups in total. The molecule has 64 valence electrons. The van der Waals surface area contributed by atoms with E-state index in [4.69, 9.17) is 11.6 Å². The summed E-state index contributed by atoms with van der Waals surface area (Å²) >= 11 is 5.74. The molecule has 0 amide bonds. The van der Waals surface area contributed by atoms with Crippen LogP contribution in [0.3, 0.4) is 0 Å². The van der Waals surface area contributed by atoms with Crippen LogP contribution in [-0.2, 0) is 12.3 Å². The number of rotatable bonds is 3. The third-order valence-corrected chi connectivity index (χ3v) is 2.22. The van der Waals surface area contributed by atoms with Gasteiger partial charge in [-0.15, -0.1) is 18.2 Å². The van der Waals surface area contributed by atoms with Gasteiger partial charge in [0, 0.05) is 5.88 Å². The fraction of sp³-hybridized carbons (Fsp3) is 0.273. The number of allylic oxidation sites excluding steroid dienone is 1. The van der Waals surface area contributed by atoms with Crippen LogP contribution in [0.4, 0.5) is 0 Å². The summed E-state index contributed by atoms with van der Waals surface area (Å²) in [5.41, 5.74) is 3.78. The first-order chi connectivity index (χ1) is 5.77. The van der Waals surface area contributed by atoms with Crippen LogP contribution in [0, 0.1) is 6.92 Å². The monoisotopic (exact) mass is 180 g/mol. The molecular formula is C11H13Cl. The summed E-state index contributed by atoms with van der Waals surface area (Å²) in [5.74, 6) is 0.597. The highest BCUT2D eigenvalue weighted by atomic mass is 35.5. The van der Waals surface area contributed by atoms with Crippen molar-refractivity contribution in [3.63, 3.8) is 0 Å². The maximum atomic E-state index is 5.74. The van der Waals surface area contributed by atoms with Gasteiger partial charge >= 0.3 is 0 Å². The van der Waals surface area contributed by atoms with Crippen LogP contribution in [0.15, 0.2) is 30.9 Å². The van der Waals surface area contributed by atoms with Crippen LogP contribution in [0.5, 0.6) is 0 Å².